The molecule has 0 aliphatic carbocycles. The van der Waals surface area contributed by atoms with Crippen LogP contribution in [0.1, 0.15) is 13.3 Å². The van der Waals surface area contributed by atoms with Crippen molar-refractivity contribution in [3.8, 4) is 0 Å². The Morgan fingerprint density at radius 1 is 1.64 bits per heavy atom. The molecule has 0 aromatic carbocycles. The molecule has 0 saturated carbocycles. The van der Waals surface area contributed by atoms with Gasteiger partial charge in [-0.1, -0.05) is 6.92 Å². The lowest BCUT2D eigenvalue weighted by molar-refractivity contribution is -0.153. The van der Waals surface area contributed by atoms with Gasteiger partial charge in [-0.2, -0.15) is 0 Å². The highest BCUT2D eigenvalue weighted by Gasteiger charge is 2.14. The van der Waals surface area contributed by atoms with Gasteiger partial charge in [0, 0.05) is 6.61 Å². The Bertz CT molecular complexity index is 113. The molecule has 1 N–H and O–H groups in total. The van der Waals surface area contributed by atoms with Gasteiger partial charge in [-0.3, -0.25) is 0 Å². The summed E-state index contributed by atoms with van der Waals surface area (Å²) >= 11 is 0. The maximum Gasteiger partial charge on any atom is 0.337 e. The summed E-state index contributed by atoms with van der Waals surface area (Å²) in [5.74, 6) is -0.652. The molecule has 4 heteroatoms. The van der Waals surface area contributed by atoms with Crippen LogP contribution in [0.15, 0.2) is 0 Å². The first-order valence-corrected chi connectivity index (χ1v) is 3.56. The van der Waals surface area contributed by atoms with Crippen molar-refractivity contribution >= 4 is 5.97 Å². The summed E-state index contributed by atoms with van der Waals surface area (Å²) < 4.78 is 9.19. The number of carbonyl (C=O) groups is 1. The maximum atomic E-state index is 10.6. The predicted octanol–water partition coefficient (Wildman–Crippen LogP) is -0.0531. The molecule has 0 aliphatic heterocycles. The lowest BCUT2D eigenvalue weighted by Crippen LogP contribution is -2.27. The molecule has 4 nitrogen and oxygen atoms in total. The number of methoxy groups -OCH3 is 1. The van der Waals surface area contributed by atoms with Crippen molar-refractivity contribution in [1.82, 2.24) is 0 Å². The third-order valence-electron chi connectivity index (χ3n) is 1.10. The standard InChI is InChI=1S/C7H14O4/c1-3-4-11-5-6(8)7(9)10-2/h6,8H,3-5H2,1-2H3. The lowest BCUT2D eigenvalue weighted by Gasteiger charge is -2.07. The van der Waals surface area contributed by atoms with Crippen LogP contribution in [0.3, 0.4) is 0 Å². The van der Waals surface area contributed by atoms with E-state index in [2.05, 4.69) is 4.74 Å². The zero-order chi connectivity index (χ0) is 8.69. The van der Waals surface area contributed by atoms with Crippen LogP contribution in [0.5, 0.6) is 0 Å². The average molecular weight is 162 g/mol. The molecule has 1 atom stereocenters. The van der Waals surface area contributed by atoms with E-state index in [0.717, 1.165) is 6.42 Å². The molecule has 0 rings (SSSR count). The largest absolute Gasteiger partial charge is 0.467 e. The smallest absolute Gasteiger partial charge is 0.337 e. The van der Waals surface area contributed by atoms with Crippen molar-refractivity contribution in [2.24, 2.45) is 0 Å². The van der Waals surface area contributed by atoms with Crippen LogP contribution in [0.2, 0.25) is 0 Å². The van der Waals surface area contributed by atoms with Crippen molar-refractivity contribution in [3.05, 3.63) is 0 Å². The summed E-state index contributed by atoms with van der Waals surface area (Å²) in [4.78, 5) is 10.6. The van der Waals surface area contributed by atoms with Crippen LogP contribution in [-0.4, -0.2) is 37.5 Å². The Balaban J connectivity index is 3.36. The SMILES string of the molecule is CCCOCC(O)C(=O)OC. The molecule has 66 valence electrons. The molecule has 0 aromatic heterocycles. The van der Waals surface area contributed by atoms with Gasteiger partial charge in [-0.05, 0) is 6.42 Å². The van der Waals surface area contributed by atoms with Gasteiger partial charge in [0.25, 0.3) is 0 Å². The zero-order valence-electron chi connectivity index (χ0n) is 6.87. The summed E-state index contributed by atoms with van der Waals surface area (Å²) in [6.45, 7) is 2.51. The zero-order valence-corrected chi connectivity index (χ0v) is 6.87. The van der Waals surface area contributed by atoms with Crippen LogP contribution in [0.4, 0.5) is 0 Å². The number of carbonyl (C=O) groups excluding carboxylic acids is 1. The minimum absolute atomic E-state index is 0.0144. The van der Waals surface area contributed by atoms with Gasteiger partial charge in [-0.25, -0.2) is 4.79 Å². The van der Waals surface area contributed by atoms with Gasteiger partial charge < -0.3 is 14.6 Å². The highest BCUT2D eigenvalue weighted by molar-refractivity contribution is 5.74. The van der Waals surface area contributed by atoms with E-state index in [1.54, 1.807) is 0 Å². The van der Waals surface area contributed by atoms with Gasteiger partial charge in [0.1, 0.15) is 0 Å². The Morgan fingerprint density at radius 3 is 2.73 bits per heavy atom. The molecular formula is C7H14O4. The fraction of sp³-hybridized carbons (Fsp3) is 0.857. The van der Waals surface area contributed by atoms with Crippen LogP contribution >= 0.6 is 0 Å². The number of aliphatic hydroxyl groups excluding tert-OH is 1. The van der Waals surface area contributed by atoms with Crippen molar-refractivity contribution in [2.75, 3.05) is 20.3 Å². The highest BCUT2D eigenvalue weighted by atomic mass is 16.5. The molecule has 0 fully saturated rings. The third-order valence-corrected chi connectivity index (χ3v) is 1.10. The first kappa shape index (κ1) is 10.4. The van der Waals surface area contributed by atoms with Crippen LogP contribution in [-0.2, 0) is 14.3 Å². The number of hydrogen-bond donors (Lipinski definition) is 1. The summed E-state index contributed by atoms with van der Waals surface area (Å²) in [6, 6.07) is 0. The highest BCUT2D eigenvalue weighted by Crippen LogP contribution is 1.89. The van der Waals surface area contributed by atoms with E-state index in [1.165, 1.54) is 7.11 Å². The van der Waals surface area contributed by atoms with Gasteiger partial charge in [-0.15, -0.1) is 0 Å². The minimum Gasteiger partial charge on any atom is -0.467 e. The Kier molecular flexibility index (Phi) is 5.78. The number of hydrogen-bond acceptors (Lipinski definition) is 4. The topological polar surface area (TPSA) is 55.8 Å². The number of esters is 1. The lowest BCUT2D eigenvalue weighted by atomic mass is 10.4. The molecular weight excluding hydrogens is 148 g/mol. The van der Waals surface area contributed by atoms with Crippen LogP contribution in [0.25, 0.3) is 0 Å². The van der Waals surface area contributed by atoms with E-state index >= 15 is 0 Å². The fourth-order valence-electron chi connectivity index (χ4n) is 0.543. The predicted molar refractivity (Wildman–Crippen MR) is 39.1 cm³/mol. The second-order valence-corrected chi connectivity index (χ2v) is 2.11. The minimum atomic E-state index is -1.15. The van der Waals surface area contributed by atoms with Crippen LogP contribution < -0.4 is 0 Å². The Morgan fingerprint density at radius 2 is 2.27 bits per heavy atom. The molecule has 0 spiro atoms. The summed E-state index contributed by atoms with van der Waals surface area (Å²) in [6.07, 6.45) is -0.278. The quantitative estimate of drug-likeness (QED) is 0.454. The van der Waals surface area contributed by atoms with Crippen molar-refractivity contribution in [3.63, 3.8) is 0 Å². The molecule has 11 heavy (non-hydrogen) atoms. The number of rotatable bonds is 5. The van der Waals surface area contributed by atoms with Gasteiger partial charge >= 0.3 is 5.97 Å². The third kappa shape index (κ3) is 4.75. The molecule has 0 amide bonds. The summed E-state index contributed by atoms with van der Waals surface area (Å²) in [7, 11) is 1.23. The summed E-state index contributed by atoms with van der Waals surface area (Å²) in [5, 5.41) is 8.94. The molecule has 0 aliphatic rings. The van der Waals surface area contributed by atoms with Gasteiger partial charge in [0.05, 0.1) is 13.7 Å². The molecule has 1 unspecified atom stereocenters. The van der Waals surface area contributed by atoms with E-state index < -0.39 is 12.1 Å². The first-order valence-electron chi connectivity index (χ1n) is 3.56. The Labute approximate surface area is 66.1 Å². The molecule has 0 aromatic rings. The van der Waals surface area contributed by atoms with Crippen LogP contribution in [0, 0.1) is 0 Å². The summed E-state index contributed by atoms with van der Waals surface area (Å²) in [5.41, 5.74) is 0. The van der Waals surface area contributed by atoms with Crippen molar-refractivity contribution < 1.29 is 19.4 Å². The van der Waals surface area contributed by atoms with E-state index in [1.807, 2.05) is 6.92 Å². The second kappa shape index (κ2) is 6.12. The molecule has 0 bridgehead atoms. The molecule has 0 radical (unpaired) electrons. The van der Waals surface area contributed by atoms with E-state index in [-0.39, 0.29) is 6.61 Å². The van der Waals surface area contributed by atoms with Gasteiger partial charge in [0.15, 0.2) is 6.10 Å². The van der Waals surface area contributed by atoms with Gasteiger partial charge in [0.2, 0.25) is 0 Å². The van der Waals surface area contributed by atoms with E-state index in [9.17, 15) is 4.79 Å². The molecule has 0 heterocycles. The number of ether oxygens (including phenoxy) is 2. The second-order valence-electron chi connectivity index (χ2n) is 2.11. The van der Waals surface area contributed by atoms with E-state index in [4.69, 9.17) is 9.84 Å². The van der Waals surface area contributed by atoms with Crippen molar-refractivity contribution in [1.29, 1.82) is 0 Å². The van der Waals surface area contributed by atoms with E-state index in [0.29, 0.717) is 6.61 Å². The Hall–Kier alpha value is -0.610. The normalized spacial score (nSPS) is 12.6. The maximum absolute atomic E-state index is 10.6. The average Bonchev–Trinajstić information content (AvgIpc) is 2.03. The number of aliphatic hydroxyl groups is 1. The van der Waals surface area contributed by atoms with Crippen molar-refractivity contribution in [2.45, 2.75) is 19.4 Å². The first-order chi connectivity index (χ1) is 5.22. The molecule has 0 saturated heterocycles. The monoisotopic (exact) mass is 162 g/mol. The fourth-order valence-corrected chi connectivity index (χ4v) is 0.543.